The quantitative estimate of drug-likeness (QED) is 0.190. The first-order valence-electron chi connectivity index (χ1n) is 17.3. The number of aromatic nitrogens is 4. The molecule has 10 aromatic rings. The highest BCUT2D eigenvalue weighted by Gasteiger charge is 2.29. The van der Waals surface area contributed by atoms with Crippen molar-refractivity contribution < 1.29 is 0 Å². The zero-order valence-electron chi connectivity index (χ0n) is 27.5. The highest BCUT2D eigenvalue weighted by molar-refractivity contribution is 6.22. The lowest BCUT2D eigenvalue weighted by atomic mass is 10.1. The highest BCUT2D eigenvalue weighted by Crippen LogP contribution is 2.50. The number of benzene rings is 7. The van der Waals surface area contributed by atoms with E-state index >= 15 is 0 Å². The third-order valence-corrected chi connectivity index (χ3v) is 10.2. The molecule has 0 amide bonds. The van der Waals surface area contributed by atoms with Crippen LogP contribution in [0.15, 0.2) is 176 Å². The SMILES string of the molecule is c1ccc(-c2cc(-c3ccccc3)nc(-n3c4ccccc4c4cc5c(cc43)c3cccc4c3n5-c3ccccc3N4c3ccccc3)n2)cc1. The van der Waals surface area contributed by atoms with Gasteiger partial charge in [-0.05, 0) is 54.6 Å². The summed E-state index contributed by atoms with van der Waals surface area (Å²) in [5, 5.41) is 4.73. The standard InChI is InChI=1S/C46H29N5/c1-4-15-30(16-5-1)37-29-38(31-17-6-2-7-18-31)48-46(47-37)51-39-23-11-10-21-33(39)35-27-43-36(28-44(35)51)34-22-14-26-42-45(34)50(43)41-25-13-12-24-40(41)49(42)32-19-8-3-9-20-32/h1-29H. The van der Waals surface area contributed by atoms with E-state index < -0.39 is 0 Å². The van der Waals surface area contributed by atoms with E-state index in [1.165, 1.54) is 21.8 Å². The molecule has 0 spiro atoms. The van der Waals surface area contributed by atoms with Gasteiger partial charge >= 0.3 is 0 Å². The second-order valence-corrected chi connectivity index (χ2v) is 13.1. The number of anilines is 3. The van der Waals surface area contributed by atoms with Gasteiger partial charge in [0, 0.05) is 38.4 Å². The summed E-state index contributed by atoms with van der Waals surface area (Å²) in [4.78, 5) is 12.9. The Morgan fingerprint density at radius 1 is 0.353 bits per heavy atom. The molecule has 7 aromatic carbocycles. The van der Waals surface area contributed by atoms with Gasteiger partial charge in [0.1, 0.15) is 0 Å². The van der Waals surface area contributed by atoms with Crippen molar-refractivity contribution in [2.75, 3.05) is 4.90 Å². The largest absolute Gasteiger partial charge is 0.306 e. The fourth-order valence-corrected chi connectivity index (χ4v) is 8.03. The van der Waals surface area contributed by atoms with Gasteiger partial charge < -0.3 is 9.47 Å². The van der Waals surface area contributed by atoms with E-state index in [1.54, 1.807) is 0 Å². The summed E-state index contributed by atoms with van der Waals surface area (Å²) in [6, 6.07) is 62.3. The second-order valence-electron chi connectivity index (χ2n) is 13.1. The molecule has 1 aliphatic rings. The topological polar surface area (TPSA) is 38.9 Å². The molecule has 0 saturated heterocycles. The fraction of sp³-hybridized carbons (Fsp3) is 0. The molecule has 11 rings (SSSR count). The van der Waals surface area contributed by atoms with Crippen LogP contribution in [0.1, 0.15) is 0 Å². The molecular formula is C46H29N5. The van der Waals surface area contributed by atoms with Crippen molar-refractivity contribution in [3.8, 4) is 34.2 Å². The number of para-hydroxylation sites is 5. The molecule has 5 heteroatoms. The number of hydrogen-bond acceptors (Lipinski definition) is 3. The predicted molar refractivity (Wildman–Crippen MR) is 210 cm³/mol. The molecule has 4 heterocycles. The van der Waals surface area contributed by atoms with Crippen LogP contribution in [0.5, 0.6) is 0 Å². The van der Waals surface area contributed by atoms with E-state index in [4.69, 9.17) is 9.97 Å². The lowest BCUT2D eigenvalue weighted by Gasteiger charge is -2.33. The van der Waals surface area contributed by atoms with Crippen LogP contribution in [0.3, 0.4) is 0 Å². The second kappa shape index (κ2) is 10.8. The van der Waals surface area contributed by atoms with Crippen LogP contribution in [-0.4, -0.2) is 19.1 Å². The van der Waals surface area contributed by atoms with Crippen molar-refractivity contribution in [2.24, 2.45) is 0 Å². The maximum atomic E-state index is 5.27. The number of nitrogens with zero attached hydrogens (tertiary/aromatic N) is 5. The molecule has 0 fully saturated rings. The van der Waals surface area contributed by atoms with Crippen LogP contribution in [0.25, 0.3) is 77.8 Å². The third kappa shape index (κ3) is 4.09. The summed E-state index contributed by atoms with van der Waals surface area (Å²) in [6.45, 7) is 0. The van der Waals surface area contributed by atoms with E-state index in [2.05, 4.69) is 178 Å². The van der Waals surface area contributed by atoms with Gasteiger partial charge in [0.25, 0.3) is 0 Å². The van der Waals surface area contributed by atoms with Crippen LogP contribution in [0, 0.1) is 0 Å². The Balaban J connectivity index is 1.24. The van der Waals surface area contributed by atoms with Gasteiger partial charge in [-0.25, -0.2) is 9.97 Å². The van der Waals surface area contributed by atoms with Crippen LogP contribution in [-0.2, 0) is 0 Å². The Labute approximate surface area is 293 Å². The van der Waals surface area contributed by atoms with Gasteiger partial charge in [-0.3, -0.25) is 4.57 Å². The zero-order valence-corrected chi connectivity index (χ0v) is 27.5. The van der Waals surface area contributed by atoms with Gasteiger partial charge in [0.05, 0.1) is 50.5 Å². The lowest BCUT2D eigenvalue weighted by Crippen LogP contribution is -2.17. The van der Waals surface area contributed by atoms with Gasteiger partial charge in [0.15, 0.2) is 0 Å². The number of rotatable bonds is 4. The first-order valence-corrected chi connectivity index (χ1v) is 17.3. The van der Waals surface area contributed by atoms with Gasteiger partial charge in [-0.1, -0.05) is 121 Å². The fourth-order valence-electron chi connectivity index (χ4n) is 8.03. The Morgan fingerprint density at radius 2 is 0.882 bits per heavy atom. The minimum Gasteiger partial charge on any atom is -0.306 e. The molecule has 0 N–H and O–H groups in total. The minimum atomic E-state index is 0.648. The van der Waals surface area contributed by atoms with Crippen LogP contribution >= 0.6 is 0 Å². The maximum absolute atomic E-state index is 5.27. The van der Waals surface area contributed by atoms with Crippen molar-refractivity contribution in [3.05, 3.63) is 176 Å². The van der Waals surface area contributed by atoms with E-state index in [-0.39, 0.29) is 0 Å². The molecule has 51 heavy (non-hydrogen) atoms. The summed E-state index contributed by atoms with van der Waals surface area (Å²) in [7, 11) is 0. The highest BCUT2D eigenvalue weighted by atomic mass is 15.2. The summed E-state index contributed by atoms with van der Waals surface area (Å²) in [5.74, 6) is 0.648. The summed E-state index contributed by atoms with van der Waals surface area (Å²) < 4.78 is 4.71. The Hall–Kier alpha value is -6.98. The molecule has 3 aromatic heterocycles. The molecule has 0 unspecified atom stereocenters. The Kier molecular flexibility index (Phi) is 5.89. The van der Waals surface area contributed by atoms with Gasteiger partial charge in [0.2, 0.25) is 5.95 Å². The van der Waals surface area contributed by atoms with E-state index in [9.17, 15) is 0 Å². The molecule has 1 aliphatic heterocycles. The first-order chi connectivity index (χ1) is 25.3. The normalized spacial score (nSPS) is 12.3. The Morgan fingerprint density at radius 3 is 1.59 bits per heavy atom. The van der Waals surface area contributed by atoms with Crippen LogP contribution < -0.4 is 4.90 Å². The lowest BCUT2D eigenvalue weighted by molar-refractivity contribution is 0.996. The summed E-state index contributed by atoms with van der Waals surface area (Å²) in [6.07, 6.45) is 0. The molecule has 0 radical (unpaired) electrons. The monoisotopic (exact) mass is 651 g/mol. The van der Waals surface area contributed by atoms with E-state index in [1.807, 2.05) is 12.1 Å². The average Bonchev–Trinajstić information content (AvgIpc) is 3.71. The van der Waals surface area contributed by atoms with Crippen molar-refractivity contribution in [1.82, 2.24) is 19.1 Å². The molecule has 0 bridgehead atoms. The summed E-state index contributed by atoms with van der Waals surface area (Å²) in [5.41, 5.74) is 13.0. The van der Waals surface area contributed by atoms with Crippen molar-refractivity contribution in [1.29, 1.82) is 0 Å². The van der Waals surface area contributed by atoms with E-state index in [0.717, 1.165) is 67.1 Å². The smallest absolute Gasteiger partial charge is 0.235 e. The van der Waals surface area contributed by atoms with Crippen LogP contribution in [0.4, 0.5) is 17.1 Å². The molecule has 5 nitrogen and oxygen atoms in total. The first kappa shape index (κ1) is 27.9. The van der Waals surface area contributed by atoms with Crippen molar-refractivity contribution in [2.45, 2.75) is 0 Å². The van der Waals surface area contributed by atoms with Crippen molar-refractivity contribution in [3.63, 3.8) is 0 Å². The molecule has 0 atom stereocenters. The van der Waals surface area contributed by atoms with Gasteiger partial charge in [-0.2, -0.15) is 0 Å². The minimum absolute atomic E-state index is 0.648. The van der Waals surface area contributed by atoms with Gasteiger partial charge in [-0.15, -0.1) is 0 Å². The zero-order chi connectivity index (χ0) is 33.5. The third-order valence-electron chi connectivity index (χ3n) is 10.2. The van der Waals surface area contributed by atoms with Crippen molar-refractivity contribution >= 4 is 60.7 Å². The molecular weight excluding hydrogens is 623 g/mol. The number of hydrogen-bond donors (Lipinski definition) is 0. The average molecular weight is 652 g/mol. The number of fused-ring (bicyclic) bond motifs is 8. The molecule has 0 aliphatic carbocycles. The maximum Gasteiger partial charge on any atom is 0.235 e. The molecule has 0 saturated carbocycles. The summed E-state index contributed by atoms with van der Waals surface area (Å²) >= 11 is 0. The van der Waals surface area contributed by atoms with E-state index in [0.29, 0.717) is 5.95 Å². The molecule has 238 valence electrons. The Bertz CT molecular complexity index is 2900. The van der Waals surface area contributed by atoms with Crippen LogP contribution in [0.2, 0.25) is 0 Å². The predicted octanol–water partition coefficient (Wildman–Crippen LogP) is 11.8.